The van der Waals surface area contributed by atoms with Gasteiger partial charge in [-0.2, -0.15) is 4.98 Å². The van der Waals surface area contributed by atoms with Crippen LogP contribution < -0.4 is 5.73 Å². The third-order valence-corrected chi connectivity index (χ3v) is 4.46. The van der Waals surface area contributed by atoms with Crippen molar-refractivity contribution in [2.45, 2.75) is 26.3 Å². The van der Waals surface area contributed by atoms with Crippen molar-refractivity contribution in [3.8, 4) is 10.7 Å². The first-order chi connectivity index (χ1) is 8.11. The van der Waals surface area contributed by atoms with Crippen molar-refractivity contribution < 1.29 is 4.52 Å². The molecular weight excluding hydrogens is 302 g/mol. The maximum atomic E-state index is 6.04. The maximum Gasteiger partial charge on any atom is 0.244 e. The number of nitrogens with zero attached hydrogens (tertiary/aromatic N) is 2. The fourth-order valence-corrected chi connectivity index (χ4v) is 2.75. The highest BCUT2D eigenvalue weighted by Gasteiger charge is 2.20. The smallest absolute Gasteiger partial charge is 0.244 e. The second-order valence-electron chi connectivity index (χ2n) is 4.00. The molecule has 2 rings (SSSR count). The van der Waals surface area contributed by atoms with Crippen molar-refractivity contribution in [3.05, 3.63) is 21.8 Å². The Morgan fingerprint density at radius 3 is 2.94 bits per heavy atom. The van der Waals surface area contributed by atoms with Gasteiger partial charge in [0.05, 0.1) is 10.9 Å². The predicted octanol–water partition coefficient (Wildman–Crippen LogP) is 3.61. The molecule has 2 heterocycles. The van der Waals surface area contributed by atoms with Crippen LogP contribution in [0.5, 0.6) is 0 Å². The summed E-state index contributed by atoms with van der Waals surface area (Å²) in [5.74, 6) is 1.45. The van der Waals surface area contributed by atoms with E-state index in [1.807, 2.05) is 11.4 Å². The summed E-state index contributed by atoms with van der Waals surface area (Å²) in [6.07, 6.45) is 0.990. The Kier molecular flexibility index (Phi) is 3.96. The third-order valence-electron chi connectivity index (χ3n) is 2.77. The molecule has 0 bridgehead atoms. The lowest BCUT2D eigenvalue weighted by atomic mass is 10.0. The van der Waals surface area contributed by atoms with Crippen LogP contribution in [0, 0.1) is 5.92 Å². The highest BCUT2D eigenvalue weighted by Crippen LogP contribution is 2.29. The van der Waals surface area contributed by atoms with Crippen molar-refractivity contribution in [2.75, 3.05) is 0 Å². The Bertz CT molecular complexity index is 496. The molecule has 92 valence electrons. The van der Waals surface area contributed by atoms with Crippen molar-refractivity contribution in [2.24, 2.45) is 11.7 Å². The minimum Gasteiger partial charge on any atom is -0.337 e. The average Bonchev–Trinajstić information content (AvgIpc) is 2.95. The molecule has 0 spiro atoms. The van der Waals surface area contributed by atoms with Gasteiger partial charge in [0.15, 0.2) is 0 Å². The molecule has 0 fully saturated rings. The van der Waals surface area contributed by atoms with Crippen LogP contribution in [-0.4, -0.2) is 10.1 Å². The van der Waals surface area contributed by atoms with Gasteiger partial charge < -0.3 is 10.3 Å². The zero-order valence-electron chi connectivity index (χ0n) is 9.68. The molecule has 0 radical (unpaired) electrons. The Hall–Kier alpha value is -0.720. The van der Waals surface area contributed by atoms with E-state index in [9.17, 15) is 0 Å². The van der Waals surface area contributed by atoms with Crippen LogP contribution in [0.25, 0.3) is 10.7 Å². The van der Waals surface area contributed by atoms with E-state index in [4.69, 9.17) is 10.3 Å². The third kappa shape index (κ3) is 2.75. The normalized spacial score (nSPS) is 14.8. The maximum absolute atomic E-state index is 6.04. The second-order valence-corrected chi connectivity index (χ2v) is 5.82. The highest BCUT2D eigenvalue weighted by atomic mass is 79.9. The van der Waals surface area contributed by atoms with Gasteiger partial charge in [0.1, 0.15) is 0 Å². The predicted molar refractivity (Wildman–Crippen MR) is 71.7 cm³/mol. The Morgan fingerprint density at radius 2 is 2.35 bits per heavy atom. The molecule has 2 atom stereocenters. The topological polar surface area (TPSA) is 64.9 Å². The van der Waals surface area contributed by atoms with Crippen LogP contribution in [0.4, 0.5) is 0 Å². The molecule has 6 heteroatoms. The van der Waals surface area contributed by atoms with Gasteiger partial charge in [-0.15, -0.1) is 11.3 Å². The van der Waals surface area contributed by atoms with Crippen LogP contribution >= 0.6 is 27.3 Å². The van der Waals surface area contributed by atoms with E-state index in [2.05, 4.69) is 39.9 Å². The van der Waals surface area contributed by atoms with E-state index < -0.39 is 0 Å². The van der Waals surface area contributed by atoms with Crippen LogP contribution in [-0.2, 0) is 0 Å². The van der Waals surface area contributed by atoms with Gasteiger partial charge in [0, 0.05) is 9.85 Å². The summed E-state index contributed by atoms with van der Waals surface area (Å²) in [6.45, 7) is 4.18. The molecule has 0 amide bonds. The van der Waals surface area contributed by atoms with Crippen LogP contribution in [0.1, 0.15) is 32.2 Å². The molecule has 2 unspecified atom stereocenters. The van der Waals surface area contributed by atoms with Crippen LogP contribution in [0.15, 0.2) is 20.4 Å². The number of nitrogens with two attached hydrogens (primary N) is 1. The minimum atomic E-state index is -0.190. The molecule has 2 N–H and O–H groups in total. The summed E-state index contributed by atoms with van der Waals surface area (Å²) < 4.78 is 6.24. The first-order valence-electron chi connectivity index (χ1n) is 5.45. The van der Waals surface area contributed by atoms with E-state index in [0.29, 0.717) is 17.6 Å². The number of rotatable bonds is 4. The Balaban J connectivity index is 2.21. The molecule has 0 saturated heterocycles. The molecule has 0 aromatic carbocycles. The molecule has 0 aliphatic rings. The number of halogens is 1. The fourth-order valence-electron chi connectivity index (χ4n) is 1.40. The molecule has 0 aliphatic heterocycles. The van der Waals surface area contributed by atoms with Crippen molar-refractivity contribution in [1.82, 2.24) is 10.1 Å². The van der Waals surface area contributed by atoms with Gasteiger partial charge in [0.25, 0.3) is 0 Å². The number of thiophene rings is 1. The quantitative estimate of drug-likeness (QED) is 0.936. The van der Waals surface area contributed by atoms with Crippen molar-refractivity contribution in [1.29, 1.82) is 0 Å². The molecule has 0 aliphatic carbocycles. The van der Waals surface area contributed by atoms with E-state index in [0.717, 1.165) is 15.8 Å². The first kappa shape index (κ1) is 12.7. The summed E-state index contributed by atoms with van der Waals surface area (Å²) in [7, 11) is 0. The number of aromatic nitrogens is 2. The van der Waals surface area contributed by atoms with Gasteiger partial charge in [-0.05, 0) is 27.9 Å². The first-order valence-corrected chi connectivity index (χ1v) is 7.12. The van der Waals surface area contributed by atoms with Crippen molar-refractivity contribution >= 4 is 27.3 Å². The van der Waals surface area contributed by atoms with E-state index in [1.54, 1.807) is 11.3 Å². The highest BCUT2D eigenvalue weighted by molar-refractivity contribution is 9.10. The lowest BCUT2D eigenvalue weighted by Crippen LogP contribution is -2.18. The molecule has 0 saturated carbocycles. The van der Waals surface area contributed by atoms with Crippen molar-refractivity contribution in [3.63, 3.8) is 0 Å². The zero-order chi connectivity index (χ0) is 12.4. The minimum absolute atomic E-state index is 0.190. The summed E-state index contributed by atoms with van der Waals surface area (Å²) >= 11 is 4.97. The second kappa shape index (κ2) is 5.29. The standard InChI is InChI=1S/C11H14BrN3OS/c1-3-6(2)9(13)11-14-10(15-16-11)8-4-7(12)5-17-8/h4-6,9H,3,13H2,1-2H3. The summed E-state index contributed by atoms with van der Waals surface area (Å²) in [4.78, 5) is 5.32. The Morgan fingerprint density at radius 1 is 1.59 bits per heavy atom. The van der Waals surface area contributed by atoms with Gasteiger partial charge in [0.2, 0.25) is 11.7 Å². The number of hydrogen-bond acceptors (Lipinski definition) is 5. The largest absolute Gasteiger partial charge is 0.337 e. The van der Waals surface area contributed by atoms with E-state index in [-0.39, 0.29) is 6.04 Å². The lowest BCUT2D eigenvalue weighted by Gasteiger charge is -2.12. The summed E-state index contributed by atoms with van der Waals surface area (Å²) in [5.41, 5.74) is 6.04. The zero-order valence-corrected chi connectivity index (χ0v) is 12.1. The van der Waals surface area contributed by atoms with Gasteiger partial charge in [-0.25, -0.2) is 0 Å². The van der Waals surface area contributed by atoms with E-state index in [1.165, 1.54) is 0 Å². The summed E-state index contributed by atoms with van der Waals surface area (Å²) in [6, 6.07) is 1.78. The summed E-state index contributed by atoms with van der Waals surface area (Å²) in [5, 5.41) is 5.95. The molecule has 2 aromatic rings. The molecule has 4 nitrogen and oxygen atoms in total. The fraction of sp³-hybridized carbons (Fsp3) is 0.455. The van der Waals surface area contributed by atoms with Crippen LogP contribution in [0.2, 0.25) is 0 Å². The van der Waals surface area contributed by atoms with Crippen LogP contribution in [0.3, 0.4) is 0 Å². The average molecular weight is 316 g/mol. The molecule has 2 aromatic heterocycles. The molecular formula is C11H14BrN3OS. The lowest BCUT2D eigenvalue weighted by molar-refractivity contribution is 0.312. The Labute approximate surface area is 112 Å². The van der Waals surface area contributed by atoms with Gasteiger partial charge in [-0.1, -0.05) is 25.4 Å². The molecule has 17 heavy (non-hydrogen) atoms. The monoisotopic (exact) mass is 315 g/mol. The van der Waals surface area contributed by atoms with Gasteiger partial charge >= 0.3 is 0 Å². The van der Waals surface area contributed by atoms with E-state index >= 15 is 0 Å². The SMILES string of the molecule is CCC(C)C(N)c1nc(-c2cc(Br)cs2)no1. The number of hydrogen-bond donors (Lipinski definition) is 1. The van der Waals surface area contributed by atoms with Gasteiger partial charge in [-0.3, -0.25) is 0 Å².